The Labute approximate surface area is 109 Å². The van der Waals surface area contributed by atoms with E-state index in [0.717, 1.165) is 45.2 Å². The van der Waals surface area contributed by atoms with E-state index in [1.54, 1.807) is 0 Å². The predicted molar refractivity (Wildman–Crippen MR) is 60.3 cm³/mol. The first-order chi connectivity index (χ1) is 7.19. The molecule has 1 unspecified atom stereocenters. The number of amides is 1. The summed E-state index contributed by atoms with van der Waals surface area (Å²) in [5.41, 5.74) is 0. The van der Waals surface area contributed by atoms with Crippen LogP contribution in [0.3, 0.4) is 0 Å². The number of unbranched alkanes of at least 4 members (excludes halogenated alkanes) is 4. The molecule has 1 aliphatic heterocycles. The minimum atomic E-state index is 0. The van der Waals surface area contributed by atoms with Crippen molar-refractivity contribution in [1.29, 1.82) is 0 Å². The number of aliphatic hydroxyl groups excluding tert-OH is 1. The van der Waals surface area contributed by atoms with Crippen molar-refractivity contribution < 1.29 is 31.4 Å². The van der Waals surface area contributed by atoms with Gasteiger partial charge in [-0.15, -0.1) is 0 Å². The Morgan fingerprint density at radius 3 is 2.38 bits per heavy atom. The van der Waals surface area contributed by atoms with E-state index < -0.39 is 0 Å². The van der Waals surface area contributed by atoms with Gasteiger partial charge in [0.2, 0.25) is 0 Å². The number of halogens is 1. The van der Waals surface area contributed by atoms with E-state index in [1.165, 1.54) is 12.8 Å². The Kier molecular flexibility index (Phi) is 8.24. The maximum atomic E-state index is 11.6. The molecule has 1 fully saturated rings. The fraction of sp³-hybridized carbons (Fsp3) is 0.917. The van der Waals surface area contributed by atoms with E-state index >= 15 is 0 Å². The van der Waals surface area contributed by atoms with Crippen molar-refractivity contribution in [3.05, 3.63) is 0 Å². The number of quaternary nitrogens is 1. The van der Waals surface area contributed by atoms with E-state index in [4.69, 9.17) is 5.11 Å². The SMILES string of the molecule is C[N+]1(CCCCCCCO)CCCC1=O.[Br-]. The average Bonchev–Trinajstić information content (AvgIpc) is 2.54. The Hall–Kier alpha value is 0.0700. The largest absolute Gasteiger partial charge is 1.00 e. The molecule has 0 aliphatic carbocycles. The quantitative estimate of drug-likeness (QED) is 0.468. The maximum Gasteiger partial charge on any atom is 0.313 e. The third kappa shape index (κ3) is 4.93. The van der Waals surface area contributed by atoms with Crippen molar-refractivity contribution in [2.75, 3.05) is 26.7 Å². The molecular weight excluding hydrogens is 270 g/mol. The summed E-state index contributed by atoms with van der Waals surface area (Å²) in [6.07, 6.45) is 7.42. The van der Waals surface area contributed by atoms with Crippen molar-refractivity contribution in [2.45, 2.75) is 44.9 Å². The zero-order chi connectivity index (χ0) is 11.1. The van der Waals surface area contributed by atoms with Gasteiger partial charge in [0.1, 0.15) is 0 Å². The predicted octanol–water partition coefficient (Wildman–Crippen LogP) is -1.30. The van der Waals surface area contributed by atoms with Crippen LogP contribution in [-0.2, 0) is 4.79 Å². The van der Waals surface area contributed by atoms with Gasteiger partial charge < -0.3 is 22.1 Å². The van der Waals surface area contributed by atoms with Gasteiger partial charge >= 0.3 is 5.91 Å². The van der Waals surface area contributed by atoms with E-state index in [1.807, 2.05) is 0 Å². The number of aliphatic hydroxyl groups is 1. The summed E-state index contributed by atoms with van der Waals surface area (Å²) in [4.78, 5) is 11.6. The van der Waals surface area contributed by atoms with Crippen LogP contribution in [0.25, 0.3) is 0 Å². The Bertz CT molecular complexity index is 211. The van der Waals surface area contributed by atoms with E-state index in [-0.39, 0.29) is 17.0 Å². The van der Waals surface area contributed by atoms with Crippen molar-refractivity contribution in [1.82, 2.24) is 0 Å². The molecule has 96 valence electrons. The van der Waals surface area contributed by atoms with Crippen molar-refractivity contribution in [3.63, 3.8) is 0 Å². The second-order valence-electron chi connectivity index (χ2n) is 4.83. The minimum absolute atomic E-state index is 0. The normalized spacial score (nSPS) is 24.5. The van der Waals surface area contributed by atoms with Gasteiger partial charge in [0, 0.05) is 13.0 Å². The monoisotopic (exact) mass is 293 g/mol. The van der Waals surface area contributed by atoms with Gasteiger partial charge in [-0.3, -0.25) is 4.48 Å². The highest BCUT2D eigenvalue weighted by Crippen LogP contribution is 2.19. The molecule has 0 radical (unpaired) electrons. The highest BCUT2D eigenvalue weighted by atomic mass is 79.9. The van der Waals surface area contributed by atoms with Crippen LogP contribution >= 0.6 is 0 Å². The van der Waals surface area contributed by atoms with Gasteiger partial charge in [0.25, 0.3) is 0 Å². The maximum absolute atomic E-state index is 11.6. The Balaban J connectivity index is 0.00000225. The van der Waals surface area contributed by atoms with E-state index in [2.05, 4.69) is 7.05 Å². The Morgan fingerprint density at radius 1 is 1.19 bits per heavy atom. The second kappa shape index (κ2) is 8.20. The number of hydrogen-bond acceptors (Lipinski definition) is 2. The molecule has 0 bridgehead atoms. The number of nitrogens with zero attached hydrogens (tertiary/aromatic N) is 1. The van der Waals surface area contributed by atoms with Crippen LogP contribution in [0.5, 0.6) is 0 Å². The van der Waals surface area contributed by atoms with Gasteiger partial charge in [0.05, 0.1) is 26.6 Å². The lowest BCUT2D eigenvalue weighted by molar-refractivity contribution is -0.826. The molecule has 3 nitrogen and oxygen atoms in total. The molecule has 1 amide bonds. The lowest BCUT2D eigenvalue weighted by Crippen LogP contribution is -3.00. The summed E-state index contributed by atoms with van der Waals surface area (Å²) < 4.78 is 0.667. The van der Waals surface area contributed by atoms with Crippen LogP contribution in [0.15, 0.2) is 0 Å². The lowest BCUT2D eigenvalue weighted by atomic mass is 10.1. The highest BCUT2D eigenvalue weighted by molar-refractivity contribution is 5.70. The number of rotatable bonds is 7. The van der Waals surface area contributed by atoms with Gasteiger partial charge in [-0.2, -0.15) is 0 Å². The van der Waals surface area contributed by atoms with Gasteiger partial charge in [-0.1, -0.05) is 12.8 Å². The first-order valence-corrected chi connectivity index (χ1v) is 6.18. The second-order valence-corrected chi connectivity index (χ2v) is 4.83. The third-order valence-corrected chi connectivity index (χ3v) is 3.45. The molecule has 4 heteroatoms. The molecule has 0 aromatic carbocycles. The van der Waals surface area contributed by atoms with Gasteiger partial charge in [-0.25, -0.2) is 4.79 Å². The van der Waals surface area contributed by atoms with Gasteiger partial charge in [-0.05, 0) is 19.3 Å². The zero-order valence-corrected chi connectivity index (χ0v) is 11.8. The van der Waals surface area contributed by atoms with Crippen molar-refractivity contribution in [3.8, 4) is 0 Å². The smallest absolute Gasteiger partial charge is 0.313 e. The molecule has 1 aliphatic rings. The number of carbonyl (C=O) groups excluding carboxylic acids is 1. The summed E-state index contributed by atoms with van der Waals surface area (Å²) >= 11 is 0. The summed E-state index contributed by atoms with van der Waals surface area (Å²) in [6, 6.07) is 0. The molecule has 1 saturated heterocycles. The average molecular weight is 294 g/mol. The van der Waals surface area contributed by atoms with Crippen LogP contribution in [0, 0.1) is 0 Å². The fourth-order valence-electron chi connectivity index (χ4n) is 2.31. The van der Waals surface area contributed by atoms with Crippen LogP contribution in [0.2, 0.25) is 0 Å². The first kappa shape index (κ1) is 16.1. The molecule has 1 atom stereocenters. The molecule has 1 N–H and O–H groups in total. The summed E-state index contributed by atoms with van der Waals surface area (Å²) in [5, 5.41) is 8.62. The van der Waals surface area contributed by atoms with Crippen LogP contribution in [-0.4, -0.2) is 42.2 Å². The molecule has 0 aromatic rings. The molecule has 0 spiro atoms. The number of likely N-dealkylation sites (tertiary alicyclic amines) is 1. The Morgan fingerprint density at radius 2 is 1.81 bits per heavy atom. The summed E-state index contributed by atoms with van der Waals surface area (Å²) in [6.45, 7) is 2.36. The summed E-state index contributed by atoms with van der Waals surface area (Å²) in [5.74, 6) is 0.422. The molecule has 16 heavy (non-hydrogen) atoms. The highest BCUT2D eigenvalue weighted by Gasteiger charge is 2.35. The van der Waals surface area contributed by atoms with Crippen molar-refractivity contribution in [2.24, 2.45) is 0 Å². The zero-order valence-electron chi connectivity index (χ0n) is 10.3. The van der Waals surface area contributed by atoms with E-state index in [0.29, 0.717) is 17.0 Å². The van der Waals surface area contributed by atoms with Crippen molar-refractivity contribution >= 4 is 5.91 Å². The fourth-order valence-corrected chi connectivity index (χ4v) is 2.31. The molecule has 1 rings (SSSR count). The molecule has 1 heterocycles. The molecule has 0 saturated carbocycles. The minimum Gasteiger partial charge on any atom is -1.00 e. The van der Waals surface area contributed by atoms with Crippen LogP contribution in [0.4, 0.5) is 0 Å². The molecule has 0 aromatic heterocycles. The van der Waals surface area contributed by atoms with Crippen LogP contribution in [0.1, 0.15) is 44.9 Å². The standard InChI is InChI=1S/C12H24NO2.BrH/c1-13(10-7-8-12(13)15)9-5-3-2-4-6-11-14;/h14H,2-11H2,1H3;1H/q+1;/p-1. The topological polar surface area (TPSA) is 37.3 Å². The number of hydrogen-bond donors (Lipinski definition) is 1. The first-order valence-electron chi connectivity index (χ1n) is 6.18. The van der Waals surface area contributed by atoms with E-state index in [9.17, 15) is 4.79 Å². The third-order valence-electron chi connectivity index (χ3n) is 3.45. The van der Waals surface area contributed by atoms with Gasteiger partial charge in [0.15, 0.2) is 0 Å². The van der Waals surface area contributed by atoms with Crippen LogP contribution < -0.4 is 17.0 Å². The molecular formula is C12H24BrNO2. The number of carbonyl (C=O) groups is 1. The summed E-state index contributed by atoms with van der Waals surface area (Å²) in [7, 11) is 2.07. The lowest BCUT2D eigenvalue weighted by Gasteiger charge is -2.26.